The Labute approximate surface area is 102 Å². The van der Waals surface area contributed by atoms with E-state index >= 15 is 0 Å². The second-order valence-corrected chi connectivity index (χ2v) is 4.47. The van der Waals surface area contributed by atoms with Crippen LogP contribution in [0.15, 0.2) is 11.1 Å². The highest BCUT2D eigenvalue weighted by Crippen LogP contribution is 2.39. The Bertz CT molecular complexity index is 628. The van der Waals surface area contributed by atoms with Gasteiger partial charge in [0.1, 0.15) is 0 Å². The summed E-state index contributed by atoms with van der Waals surface area (Å²) in [6, 6.07) is 0. The van der Waals surface area contributed by atoms with Crippen molar-refractivity contribution < 1.29 is 36.4 Å². The second kappa shape index (κ2) is 4.51. The summed E-state index contributed by atoms with van der Waals surface area (Å²) in [6.07, 6.45) is -5.11. The van der Waals surface area contributed by atoms with Crippen LogP contribution in [-0.4, -0.2) is 29.8 Å². The van der Waals surface area contributed by atoms with Crippen LogP contribution in [0, 0.1) is 10.1 Å². The van der Waals surface area contributed by atoms with Gasteiger partial charge >= 0.3 is 17.9 Å². The molecule has 0 saturated carbocycles. The molecule has 9 nitrogen and oxygen atoms in total. The number of nitrogens with two attached hydrogens (primary N) is 1. The smallest absolute Gasteiger partial charge is 0.505 e. The van der Waals surface area contributed by atoms with Crippen molar-refractivity contribution in [2.45, 2.75) is 11.3 Å². The molecule has 1 aromatic rings. The lowest BCUT2D eigenvalue weighted by Gasteiger charge is -2.10. The third kappa shape index (κ3) is 3.41. The zero-order valence-corrected chi connectivity index (χ0v) is 9.40. The maximum atomic E-state index is 12.0. The van der Waals surface area contributed by atoms with Gasteiger partial charge in [0.05, 0.1) is 11.1 Å². The molecule has 0 radical (unpaired) electrons. The van der Waals surface area contributed by atoms with E-state index in [2.05, 4.69) is 14.9 Å². The maximum absolute atomic E-state index is 12.0. The van der Waals surface area contributed by atoms with Crippen molar-refractivity contribution in [3.8, 4) is 11.6 Å². The van der Waals surface area contributed by atoms with E-state index in [0.29, 0.717) is 0 Å². The summed E-state index contributed by atoms with van der Waals surface area (Å²) in [5, 5.41) is 24.3. The van der Waals surface area contributed by atoms with Crippen LogP contribution in [0.1, 0.15) is 0 Å². The molecule has 0 amide bonds. The van der Waals surface area contributed by atoms with E-state index in [1.807, 2.05) is 0 Å². The lowest BCUT2D eigenvalue weighted by Crippen LogP contribution is -2.21. The molecule has 0 atom stereocenters. The molecule has 0 aliphatic carbocycles. The van der Waals surface area contributed by atoms with E-state index in [1.165, 1.54) is 0 Å². The summed E-state index contributed by atoms with van der Waals surface area (Å²) in [4.78, 5) is 10.4. The SMILES string of the molecule is NS(=O)(=O)c1c(O)cnc(OC(F)(F)F)c1[N+](=O)[O-]. The third-order valence-corrected chi connectivity index (χ3v) is 2.61. The Hall–Kier alpha value is -2.15. The molecule has 1 aromatic heterocycles. The average Bonchev–Trinajstić information content (AvgIpc) is 2.15. The Kier molecular flexibility index (Phi) is 3.54. The molecule has 0 aromatic carbocycles. The molecule has 3 N–H and O–H groups in total. The highest BCUT2D eigenvalue weighted by atomic mass is 32.2. The molecule has 13 heteroatoms. The molecule has 1 heterocycles. The van der Waals surface area contributed by atoms with Crippen LogP contribution in [0.5, 0.6) is 11.6 Å². The molecule has 106 valence electrons. The summed E-state index contributed by atoms with van der Waals surface area (Å²) in [7, 11) is -4.87. The number of primary sulfonamides is 1. The number of ether oxygens (including phenoxy) is 1. The number of nitro groups is 1. The largest absolute Gasteiger partial charge is 0.574 e. The number of hydrogen-bond acceptors (Lipinski definition) is 7. The average molecular weight is 303 g/mol. The van der Waals surface area contributed by atoms with Crippen molar-refractivity contribution in [3.63, 3.8) is 0 Å². The minimum absolute atomic E-state index is 0.230. The van der Waals surface area contributed by atoms with E-state index in [-0.39, 0.29) is 6.20 Å². The molecule has 0 aliphatic heterocycles. The van der Waals surface area contributed by atoms with Gasteiger partial charge in [0.2, 0.25) is 14.9 Å². The number of alkyl halides is 3. The van der Waals surface area contributed by atoms with E-state index in [1.54, 1.807) is 0 Å². The molecule has 0 unspecified atom stereocenters. The van der Waals surface area contributed by atoms with Crippen LogP contribution in [0.2, 0.25) is 0 Å². The Morgan fingerprint density at radius 1 is 1.47 bits per heavy atom. The molecule has 0 aliphatic rings. The minimum atomic E-state index is -5.34. The predicted octanol–water partition coefficient (Wildman–Crippen LogP) is 0.241. The number of pyridine rings is 1. The number of aromatic nitrogens is 1. The van der Waals surface area contributed by atoms with Crippen LogP contribution in [0.4, 0.5) is 18.9 Å². The van der Waals surface area contributed by atoms with Gasteiger partial charge in [-0.2, -0.15) is 0 Å². The molecule has 0 saturated heterocycles. The number of hydrogen-bond donors (Lipinski definition) is 2. The van der Waals surface area contributed by atoms with Gasteiger partial charge in [0.25, 0.3) is 0 Å². The first-order valence-corrected chi connectivity index (χ1v) is 5.63. The first kappa shape index (κ1) is 14.9. The second-order valence-electron chi connectivity index (χ2n) is 2.98. The molecule has 19 heavy (non-hydrogen) atoms. The quantitative estimate of drug-likeness (QED) is 0.600. The zero-order chi connectivity index (χ0) is 15.0. The van der Waals surface area contributed by atoms with Crippen LogP contribution in [0.3, 0.4) is 0 Å². The van der Waals surface area contributed by atoms with Gasteiger partial charge in [0.15, 0.2) is 5.75 Å². The van der Waals surface area contributed by atoms with Gasteiger partial charge in [-0.05, 0) is 0 Å². The van der Waals surface area contributed by atoms with Crippen molar-refractivity contribution in [3.05, 3.63) is 16.3 Å². The normalized spacial score (nSPS) is 12.2. The third-order valence-electron chi connectivity index (χ3n) is 1.63. The van der Waals surface area contributed by atoms with Gasteiger partial charge in [0, 0.05) is 0 Å². The van der Waals surface area contributed by atoms with E-state index in [4.69, 9.17) is 5.11 Å². The first-order chi connectivity index (χ1) is 8.43. The summed E-state index contributed by atoms with van der Waals surface area (Å²) < 4.78 is 61.2. The molecule has 0 fully saturated rings. The summed E-state index contributed by atoms with van der Waals surface area (Å²) >= 11 is 0. The summed E-state index contributed by atoms with van der Waals surface area (Å²) in [5.41, 5.74) is -1.71. The van der Waals surface area contributed by atoms with Crippen molar-refractivity contribution in [1.29, 1.82) is 0 Å². The Morgan fingerprint density at radius 2 is 2.00 bits per heavy atom. The maximum Gasteiger partial charge on any atom is 0.574 e. The number of aromatic hydroxyl groups is 1. The van der Waals surface area contributed by atoms with Crippen molar-refractivity contribution >= 4 is 15.7 Å². The lowest BCUT2D eigenvalue weighted by molar-refractivity contribution is -0.392. The van der Waals surface area contributed by atoms with Crippen molar-refractivity contribution in [2.24, 2.45) is 5.14 Å². The lowest BCUT2D eigenvalue weighted by atomic mass is 10.4. The Balaban J connectivity index is 3.65. The van der Waals surface area contributed by atoms with Gasteiger partial charge in [-0.15, -0.1) is 13.2 Å². The Morgan fingerprint density at radius 3 is 2.37 bits per heavy atom. The topological polar surface area (TPSA) is 146 Å². The van der Waals surface area contributed by atoms with E-state index in [9.17, 15) is 31.7 Å². The van der Waals surface area contributed by atoms with Crippen LogP contribution >= 0.6 is 0 Å². The minimum Gasteiger partial charge on any atom is -0.505 e. The predicted molar refractivity (Wildman–Crippen MR) is 50.6 cm³/mol. The monoisotopic (exact) mass is 303 g/mol. The highest BCUT2D eigenvalue weighted by Gasteiger charge is 2.40. The number of nitrogens with zero attached hydrogens (tertiary/aromatic N) is 2. The fourth-order valence-electron chi connectivity index (χ4n) is 1.08. The van der Waals surface area contributed by atoms with Gasteiger partial charge in [-0.1, -0.05) is 0 Å². The highest BCUT2D eigenvalue weighted by molar-refractivity contribution is 7.89. The molecule has 0 bridgehead atoms. The fraction of sp³-hybridized carbons (Fsp3) is 0.167. The van der Waals surface area contributed by atoms with Crippen molar-refractivity contribution in [1.82, 2.24) is 4.98 Å². The summed E-state index contributed by atoms with van der Waals surface area (Å²) in [6.45, 7) is 0. The molecular formula is C6H4F3N3O6S. The number of halogens is 3. The first-order valence-electron chi connectivity index (χ1n) is 4.08. The van der Waals surface area contributed by atoms with Crippen LogP contribution < -0.4 is 9.88 Å². The summed E-state index contributed by atoms with van der Waals surface area (Å²) in [5.74, 6) is -2.93. The van der Waals surface area contributed by atoms with Gasteiger partial charge < -0.3 is 9.84 Å². The van der Waals surface area contributed by atoms with Gasteiger partial charge in [-0.3, -0.25) is 10.1 Å². The van der Waals surface area contributed by atoms with Gasteiger partial charge in [-0.25, -0.2) is 18.5 Å². The zero-order valence-electron chi connectivity index (χ0n) is 8.58. The standard InChI is InChI=1S/C6H4F3N3O6S/c7-6(8,9)18-5-3(12(14)15)4(19(10,16)17)2(13)1-11-5/h1,13H,(H2,10,16,17). The van der Waals surface area contributed by atoms with Crippen LogP contribution in [0.25, 0.3) is 0 Å². The molecule has 0 spiro atoms. The number of rotatable bonds is 3. The molecule has 1 rings (SSSR count). The fourth-order valence-corrected chi connectivity index (χ4v) is 1.86. The molecular weight excluding hydrogens is 299 g/mol. The van der Waals surface area contributed by atoms with E-state index < -0.39 is 43.5 Å². The van der Waals surface area contributed by atoms with Crippen LogP contribution in [-0.2, 0) is 10.0 Å². The number of sulfonamides is 1. The van der Waals surface area contributed by atoms with E-state index in [0.717, 1.165) is 0 Å². The van der Waals surface area contributed by atoms with Crippen molar-refractivity contribution in [2.75, 3.05) is 0 Å².